The Labute approximate surface area is 93.8 Å². The van der Waals surface area contributed by atoms with Gasteiger partial charge in [-0.1, -0.05) is 6.92 Å². The van der Waals surface area contributed by atoms with Gasteiger partial charge >= 0.3 is 0 Å². The van der Waals surface area contributed by atoms with Crippen molar-refractivity contribution in [2.45, 2.75) is 50.7 Å². The van der Waals surface area contributed by atoms with Crippen LogP contribution in [0.25, 0.3) is 0 Å². The number of methoxy groups -OCH3 is 1. The average Bonchev–Trinajstić information content (AvgIpc) is 2.28. The van der Waals surface area contributed by atoms with Crippen LogP contribution in [0.2, 0.25) is 0 Å². The molecule has 0 amide bonds. The molecular formula is C13H23NO. The van der Waals surface area contributed by atoms with Crippen LogP contribution >= 0.6 is 0 Å². The third-order valence-electron chi connectivity index (χ3n) is 3.83. The highest BCUT2D eigenvalue weighted by Gasteiger charge is 2.40. The first-order valence-electron chi connectivity index (χ1n) is 5.84. The van der Waals surface area contributed by atoms with Crippen molar-refractivity contribution in [3.8, 4) is 12.3 Å². The molecule has 86 valence electrons. The molecule has 0 heterocycles. The molecule has 1 saturated carbocycles. The monoisotopic (exact) mass is 209 g/mol. The van der Waals surface area contributed by atoms with E-state index >= 15 is 0 Å². The summed E-state index contributed by atoms with van der Waals surface area (Å²) in [6.07, 6.45) is 10.9. The topological polar surface area (TPSA) is 21.3 Å². The molecule has 0 radical (unpaired) electrons. The van der Waals surface area contributed by atoms with E-state index in [1.165, 1.54) is 12.8 Å². The predicted octanol–water partition coefficient (Wildman–Crippen LogP) is 2.19. The third-order valence-corrected chi connectivity index (χ3v) is 3.83. The Kier molecular flexibility index (Phi) is 4.63. The summed E-state index contributed by atoms with van der Waals surface area (Å²) in [6.45, 7) is 2.31. The fourth-order valence-electron chi connectivity index (χ4n) is 2.61. The molecule has 15 heavy (non-hydrogen) atoms. The number of ether oxygens (including phenoxy) is 1. The summed E-state index contributed by atoms with van der Waals surface area (Å²) in [5.41, 5.74) is -0.0341. The lowest BCUT2D eigenvalue weighted by Gasteiger charge is -2.43. The van der Waals surface area contributed by atoms with Gasteiger partial charge in [0, 0.05) is 19.6 Å². The predicted molar refractivity (Wildman–Crippen MR) is 63.7 cm³/mol. The Morgan fingerprint density at radius 2 is 2.13 bits per heavy atom. The van der Waals surface area contributed by atoms with Crippen LogP contribution in [0.5, 0.6) is 0 Å². The fraction of sp³-hybridized carbons (Fsp3) is 0.846. The van der Waals surface area contributed by atoms with E-state index < -0.39 is 0 Å². The largest absolute Gasteiger partial charge is 0.377 e. The highest BCUT2D eigenvalue weighted by molar-refractivity contribution is 5.02. The highest BCUT2D eigenvalue weighted by Crippen LogP contribution is 2.37. The molecule has 0 aromatic heterocycles. The number of rotatable bonds is 4. The first-order valence-corrected chi connectivity index (χ1v) is 5.84. The van der Waals surface area contributed by atoms with Crippen LogP contribution in [0.4, 0.5) is 0 Å². The van der Waals surface area contributed by atoms with E-state index in [0.29, 0.717) is 6.04 Å². The van der Waals surface area contributed by atoms with Crippen molar-refractivity contribution in [2.24, 2.45) is 5.92 Å². The van der Waals surface area contributed by atoms with Crippen molar-refractivity contribution < 1.29 is 4.74 Å². The molecule has 0 saturated heterocycles. The summed E-state index contributed by atoms with van der Waals surface area (Å²) in [4.78, 5) is 0. The van der Waals surface area contributed by atoms with Gasteiger partial charge in [0.05, 0.1) is 5.60 Å². The maximum Gasteiger partial charge on any atom is 0.0840 e. The minimum Gasteiger partial charge on any atom is -0.377 e. The zero-order valence-electron chi connectivity index (χ0n) is 10.2. The van der Waals surface area contributed by atoms with Crippen LogP contribution in [0.1, 0.15) is 39.0 Å². The fourth-order valence-corrected chi connectivity index (χ4v) is 2.61. The number of terminal acetylenes is 1. The standard InChI is InChI=1S/C13H23NO/c1-5-6-12(14-3)13(15-4)9-7-11(2)8-10-13/h1,11-12,14H,6-10H2,2-4H3. The zero-order chi connectivity index (χ0) is 11.3. The number of nitrogens with one attached hydrogen (secondary N) is 1. The second-order valence-corrected chi connectivity index (χ2v) is 4.70. The number of hydrogen-bond acceptors (Lipinski definition) is 2. The van der Waals surface area contributed by atoms with E-state index in [0.717, 1.165) is 25.2 Å². The molecule has 1 fully saturated rings. The Hall–Kier alpha value is -0.520. The van der Waals surface area contributed by atoms with Crippen LogP contribution in [0.3, 0.4) is 0 Å². The molecule has 1 unspecified atom stereocenters. The molecule has 1 N–H and O–H groups in total. The third kappa shape index (κ3) is 2.74. The molecule has 2 nitrogen and oxygen atoms in total. The van der Waals surface area contributed by atoms with Gasteiger partial charge in [0.2, 0.25) is 0 Å². The van der Waals surface area contributed by atoms with Crippen LogP contribution in [-0.4, -0.2) is 25.8 Å². The molecule has 1 rings (SSSR count). The Bertz CT molecular complexity index is 223. The van der Waals surface area contributed by atoms with Gasteiger partial charge < -0.3 is 10.1 Å². The molecule has 1 atom stereocenters. The van der Waals surface area contributed by atoms with Crippen molar-refractivity contribution in [2.75, 3.05) is 14.2 Å². The average molecular weight is 209 g/mol. The number of hydrogen-bond donors (Lipinski definition) is 1. The SMILES string of the molecule is C#CCC(NC)C1(OC)CCC(C)CC1. The van der Waals surface area contributed by atoms with Gasteiger partial charge in [-0.2, -0.15) is 0 Å². The van der Waals surface area contributed by atoms with E-state index in [1.54, 1.807) is 0 Å². The number of likely N-dealkylation sites (N-methyl/N-ethyl adjacent to an activating group) is 1. The maximum atomic E-state index is 5.77. The van der Waals surface area contributed by atoms with Gasteiger partial charge in [-0.05, 0) is 38.6 Å². The van der Waals surface area contributed by atoms with Crippen LogP contribution in [0, 0.1) is 18.3 Å². The van der Waals surface area contributed by atoms with Crippen molar-refractivity contribution in [3.05, 3.63) is 0 Å². The second-order valence-electron chi connectivity index (χ2n) is 4.70. The Balaban J connectivity index is 2.70. The van der Waals surface area contributed by atoms with E-state index in [-0.39, 0.29) is 5.60 Å². The summed E-state index contributed by atoms with van der Waals surface area (Å²) in [6, 6.07) is 0.292. The van der Waals surface area contributed by atoms with Crippen LogP contribution in [0.15, 0.2) is 0 Å². The van der Waals surface area contributed by atoms with E-state index in [1.807, 2.05) is 14.2 Å². The molecular weight excluding hydrogens is 186 g/mol. The minimum atomic E-state index is -0.0341. The summed E-state index contributed by atoms with van der Waals surface area (Å²) >= 11 is 0. The van der Waals surface area contributed by atoms with Gasteiger partial charge in [-0.25, -0.2) is 0 Å². The van der Waals surface area contributed by atoms with Crippen molar-refractivity contribution in [3.63, 3.8) is 0 Å². The van der Waals surface area contributed by atoms with E-state index in [9.17, 15) is 0 Å². The van der Waals surface area contributed by atoms with Crippen molar-refractivity contribution >= 4 is 0 Å². The molecule has 0 aromatic rings. The molecule has 0 bridgehead atoms. The van der Waals surface area contributed by atoms with Crippen LogP contribution in [-0.2, 0) is 4.74 Å². The normalized spacial score (nSPS) is 33.3. The second kappa shape index (κ2) is 5.53. The first-order chi connectivity index (χ1) is 7.18. The molecule has 0 spiro atoms. The summed E-state index contributed by atoms with van der Waals surface area (Å²) in [5.74, 6) is 3.57. The lowest BCUT2D eigenvalue weighted by Crippen LogP contribution is -2.52. The minimum absolute atomic E-state index is 0.0341. The lowest BCUT2D eigenvalue weighted by atomic mass is 9.74. The molecule has 2 heteroatoms. The Morgan fingerprint density at radius 1 is 1.53 bits per heavy atom. The summed E-state index contributed by atoms with van der Waals surface area (Å²) < 4.78 is 5.77. The zero-order valence-corrected chi connectivity index (χ0v) is 10.2. The maximum absolute atomic E-state index is 5.77. The molecule has 0 aromatic carbocycles. The quantitative estimate of drug-likeness (QED) is 0.717. The van der Waals surface area contributed by atoms with E-state index in [2.05, 4.69) is 18.2 Å². The Morgan fingerprint density at radius 3 is 2.53 bits per heavy atom. The smallest absolute Gasteiger partial charge is 0.0840 e. The van der Waals surface area contributed by atoms with E-state index in [4.69, 9.17) is 11.2 Å². The van der Waals surface area contributed by atoms with Crippen molar-refractivity contribution in [1.29, 1.82) is 0 Å². The van der Waals surface area contributed by atoms with Crippen molar-refractivity contribution in [1.82, 2.24) is 5.32 Å². The van der Waals surface area contributed by atoms with Gasteiger partial charge in [0.25, 0.3) is 0 Å². The molecule has 0 aliphatic heterocycles. The lowest BCUT2D eigenvalue weighted by molar-refractivity contribution is -0.0720. The first kappa shape index (κ1) is 12.5. The van der Waals surface area contributed by atoms with Gasteiger partial charge in [0.15, 0.2) is 0 Å². The molecule has 1 aliphatic carbocycles. The summed E-state index contributed by atoms with van der Waals surface area (Å²) in [7, 11) is 3.79. The van der Waals surface area contributed by atoms with Gasteiger partial charge in [-0.3, -0.25) is 0 Å². The highest BCUT2D eigenvalue weighted by atomic mass is 16.5. The van der Waals surface area contributed by atoms with Gasteiger partial charge in [0.1, 0.15) is 0 Å². The molecule has 1 aliphatic rings. The summed E-state index contributed by atoms with van der Waals surface area (Å²) in [5, 5.41) is 3.31. The van der Waals surface area contributed by atoms with Crippen LogP contribution < -0.4 is 5.32 Å². The van der Waals surface area contributed by atoms with Gasteiger partial charge in [-0.15, -0.1) is 12.3 Å².